The van der Waals surface area contributed by atoms with Crippen LogP contribution in [0.4, 0.5) is 11.5 Å². The topological polar surface area (TPSA) is 77.5 Å². The van der Waals surface area contributed by atoms with Crippen molar-refractivity contribution in [2.75, 3.05) is 51.1 Å². The summed E-state index contributed by atoms with van der Waals surface area (Å²) >= 11 is 0. The number of hydrogen-bond donors (Lipinski definition) is 1. The van der Waals surface area contributed by atoms with Crippen LogP contribution >= 0.6 is 0 Å². The standard InChI is InChI=1S/C21H31N7O/c1-14-15(2)24-19(21(29)27(5)6)25-20(14)28-10-8-17(13-28)23-12-16-11-22-9-7-18(16)26(3)4/h7,9,11,17,23H,8,10,12-13H2,1-6H3/t17-/m1/s1. The van der Waals surface area contributed by atoms with E-state index < -0.39 is 0 Å². The highest BCUT2D eigenvalue weighted by Crippen LogP contribution is 2.25. The van der Waals surface area contributed by atoms with E-state index in [0.29, 0.717) is 6.04 Å². The zero-order valence-electron chi connectivity index (χ0n) is 18.2. The van der Waals surface area contributed by atoms with E-state index >= 15 is 0 Å². The van der Waals surface area contributed by atoms with Crippen LogP contribution in [0, 0.1) is 13.8 Å². The van der Waals surface area contributed by atoms with Gasteiger partial charge in [-0.25, -0.2) is 9.97 Å². The molecule has 0 aromatic carbocycles. The SMILES string of the molecule is Cc1nc(C(=O)N(C)C)nc(N2CC[C@@H](NCc3cnccc3N(C)C)C2)c1C. The zero-order chi connectivity index (χ0) is 21.1. The molecule has 1 aliphatic heterocycles. The molecule has 1 saturated heterocycles. The molecule has 1 aliphatic rings. The number of nitrogens with zero attached hydrogens (tertiary/aromatic N) is 6. The summed E-state index contributed by atoms with van der Waals surface area (Å²) in [7, 11) is 7.53. The van der Waals surface area contributed by atoms with Crippen molar-refractivity contribution >= 4 is 17.4 Å². The summed E-state index contributed by atoms with van der Waals surface area (Å²) in [6.07, 6.45) is 4.77. The highest BCUT2D eigenvalue weighted by Gasteiger charge is 2.26. The van der Waals surface area contributed by atoms with Gasteiger partial charge in [-0.2, -0.15) is 0 Å². The second-order valence-corrected chi connectivity index (χ2v) is 7.99. The molecule has 1 fully saturated rings. The molecule has 8 heteroatoms. The third-order valence-corrected chi connectivity index (χ3v) is 5.39. The average molecular weight is 398 g/mol. The molecule has 0 unspecified atom stereocenters. The molecule has 0 spiro atoms. The normalized spacial score (nSPS) is 16.2. The lowest BCUT2D eigenvalue weighted by atomic mass is 10.2. The average Bonchev–Trinajstić information content (AvgIpc) is 3.16. The maximum absolute atomic E-state index is 12.3. The van der Waals surface area contributed by atoms with Gasteiger partial charge in [0.25, 0.3) is 5.91 Å². The van der Waals surface area contributed by atoms with Crippen molar-refractivity contribution < 1.29 is 4.79 Å². The summed E-state index contributed by atoms with van der Waals surface area (Å²) in [5, 5.41) is 3.66. The molecule has 1 amide bonds. The van der Waals surface area contributed by atoms with Gasteiger partial charge in [-0.1, -0.05) is 0 Å². The van der Waals surface area contributed by atoms with Gasteiger partial charge in [0, 0.05) is 88.8 Å². The molecule has 2 aromatic rings. The fourth-order valence-corrected chi connectivity index (χ4v) is 3.58. The summed E-state index contributed by atoms with van der Waals surface area (Å²) in [6, 6.07) is 2.39. The van der Waals surface area contributed by atoms with Crippen molar-refractivity contribution in [1.82, 2.24) is 25.2 Å². The first-order valence-electron chi connectivity index (χ1n) is 9.93. The first-order chi connectivity index (χ1) is 13.8. The number of carbonyl (C=O) groups excluding carboxylic acids is 1. The van der Waals surface area contributed by atoms with E-state index in [0.717, 1.165) is 43.1 Å². The lowest BCUT2D eigenvalue weighted by Gasteiger charge is -2.22. The van der Waals surface area contributed by atoms with E-state index in [2.05, 4.69) is 30.1 Å². The summed E-state index contributed by atoms with van der Waals surface area (Å²) in [5.74, 6) is 0.953. The van der Waals surface area contributed by atoms with Crippen molar-refractivity contribution in [3.63, 3.8) is 0 Å². The second kappa shape index (κ2) is 8.73. The molecule has 1 atom stereocenters. The van der Waals surface area contributed by atoms with Crippen molar-refractivity contribution in [1.29, 1.82) is 0 Å². The van der Waals surface area contributed by atoms with E-state index in [-0.39, 0.29) is 11.7 Å². The number of carbonyl (C=O) groups is 1. The van der Waals surface area contributed by atoms with E-state index in [1.54, 1.807) is 14.1 Å². The number of pyridine rings is 1. The van der Waals surface area contributed by atoms with E-state index in [1.165, 1.54) is 16.2 Å². The quantitative estimate of drug-likeness (QED) is 0.794. The number of anilines is 2. The third-order valence-electron chi connectivity index (χ3n) is 5.39. The van der Waals surface area contributed by atoms with Crippen LogP contribution < -0.4 is 15.1 Å². The lowest BCUT2D eigenvalue weighted by molar-refractivity contribution is 0.0815. The molecule has 0 radical (unpaired) electrons. The number of aromatic nitrogens is 3. The summed E-state index contributed by atoms with van der Waals surface area (Å²) in [4.78, 5) is 31.5. The third kappa shape index (κ3) is 4.64. The van der Waals surface area contributed by atoms with Gasteiger partial charge < -0.3 is 20.0 Å². The van der Waals surface area contributed by atoms with Crippen LogP contribution in [0.1, 0.15) is 33.9 Å². The van der Waals surface area contributed by atoms with Crippen LogP contribution in [0.15, 0.2) is 18.5 Å². The Hall–Kier alpha value is -2.74. The molecule has 3 rings (SSSR count). The molecule has 1 N–H and O–H groups in total. The highest BCUT2D eigenvalue weighted by molar-refractivity contribution is 5.90. The largest absolute Gasteiger partial charge is 0.377 e. The fourth-order valence-electron chi connectivity index (χ4n) is 3.58. The Morgan fingerprint density at radius 3 is 2.69 bits per heavy atom. The predicted octanol–water partition coefficient (Wildman–Crippen LogP) is 1.62. The van der Waals surface area contributed by atoms with Gasteiger partial charge in [0.2, 0.25) is 5.82 Å². The summed E-state index contributed by atoms with van der Waals surface area (Å²) in [5.41, 5.74) is 4.24. The minimum atomic E-state index is -0.170. The Bertz CT molecular complexity index is 881. The second-order valence-electron chi connectivity index (χ2n) is 7.99. The molecular weight excluding hydrogens is 366 g/mol. The first-order valence-corrected chi connectivity index (χ1v) is 9.93. The maximum Gasteiger partial charge on any atom is 0.291 e. The van der Waals surface area contributed by atoms with Crippen LogP contribution in [0.3, 0.4) is 0 Å². The Kier molecular flexibility index (Phi) is 6.32. The minimum Gasteiger partial charge on any atom is -0.377 e. The smallest absolute Gasteiger partial charge is 0.291 e. The molecule has 8 nitrogen and oxygen atoms in total. The van der Waals surface area contributed by atoms with Crippen molar-refractivity contribution in [3.8, 4) is 0 Å². The van der Waals surface area contributed by atoms with Crippen LogP contribution in [0.25, 0.3) is 0 Å². The number of nitrogens with one attached hydrogen (secondary N) is 1. The van der Waals surface area contributed by atoms with Crippen LogP contribution in [0.5, 0.6) is 0 Å². The van der Waals surface area contributed by atoms with E-state index in [1.807, 2.05) is 46.4 Å². The molecule has 29 heavy (non-hydrogen) atoms. The van der Waals surface area contributed by atoms with Crippen molar-refractivity contribution in [2.45, 2.75) is 32.9 Å². The van der Waals surface area contributed by atoms with Crippen LogP contribution in [-0.4, -0.2) is 73.1 Å². The molecule has 3 heterocycles. The lowest BCUT2D eigenvalue weighted by Crippen LogP contribution is -2.33. The molecular formula is C21H31N7O. The maximum atomic E-state index is 12.3. The highest BCUT2D eigenvalue weighted by atomic mass is 16.2. The van der Waals surface area contributed by atoms with Crippen LogP contribution in [0.2, 0.25) is 0 Å². The van der Waals surface area contributed by atoms with Crippen LogP contribution in [-0.2, 0) is 6.54 Å². The van der Waals surface area contributed by atoms with Gasteiger partial charge in [-0.05, 0) is 26.3 Å². The number of aryl methyl sites for hydroxylation is 1. The zero-order valence-corrected chi connectivity index (χ0v) is 18.2. The van der Waals surface area contributed by atoms with Gasteiger partial charge in [0.05, 0.1) is 0 Å². The molecule has 0 bridgehead atoms. The Labute approximate surface area is 173 Å². The number of hydrogen-bond acceptors (Lipinski definition) is 7. The van der Waals surface area contributed by atoms with Gasteiger partial charge in [0.1, 0.15) is 5.82 Å². The summed E-state index contributed by atoms with van der Waals surface area (Å²) in [6.45, 7) is 6.48. The van der Waals surface area contributed by atoms with Gasteiger partial charge in [-0.3, -0.25) is 9.78 Å². The fraction of sp³-hybridized carbons (Fsp3) is 0.524. The molecule has 156 valence electrons. The molecule has 0 saturated carbocycles. The first kappa shape index (κ1) is 21.0. The van der Waals surface area contributed by atoms with Gasteiger partial charge in [0.15, 0.2) is 0 Å². The predicted molar refractivity (Wildman–Crippen MR) is 116 cm³/mol. The van der Waals surface area contributed by atoms with Gasteiger partial charge >= 0.3 is 0 Å². The number of amides is 1. The Balaban J connectivity index is 1.71. The van der Waals surface area contributed by atoms with E-state index in [4.69, 9.17) is 0 Å². The van der Waals surface area contributed by atoms with E-state index in [9.17, 15) is 4.79 Å². The Morgan fingerprint density at radius 2 is 2.00 bits per heavy atom. The van der Waals surface area contributed by atoms with Crippen molar-refractivity contribution in [3.05, 3.63) is 41.1 Å². The molecule has 2 aromatic heterocycles. The van der Waals surface area contributed by atoms with Crippen molar-refractivity contribution in [2.24, 2.45) is 0 Å². The minimum absolute atomic E-state index is 0.170. The van der Waals surface area contributed by atoms with Gasteiger partial charge in [-0.15, -0.1) is 0 Å². The summed E-state index contributed by atoms with van der Waals surface area (Å²) < 4.78 is 0. The monoisotopic (exact) mass is 397 g/mol. The molecule has 0 aliphatic carbocycles. The Morgan fingerprint density at radius 1 is 1.24 bits per heavy atom. The number of rotatable bonds is 6.